The van der Waals surface area contributed by atoms with Gasteiger partial charge in [-0.2, -0.15) is 0 Å². The molecule has 0 amide bonds. The first-order chi connectivity index (χ1) is 6.32. The minimum atomic E-state index is -2.94. The van der Waals surface area contributed by atoms with E-state index >= 15 is 0 Å². The summed E-state index contributed by atoms with van der Waals surface area (Å²) >= 11 is 0. The van der Waals surface area contributed by atoms with Gasteiger partial charge in [0.15, 0.2) is 0 Å². The van der Waals surface area contributed by atoms with Crippen molar-refractivity contribution in [2.75, 3.05) is 0 Å². The zero-order chi connectivity index (χ0) is 10.9. The molecule has 0 aliphatic carbocycles. The maximum atomic E-state index is 10.8. The van der Waals surface area contributed by atoms with Crippen LogP contribution in [0.25, 0.3) is 0 Å². The molecular formula is C6H7NO4. The van der Waals surface area contributed by atoms with Crippen LogP contribution in [-0.2, 0) is 4.79 Å². The van der Waals surface area contributed by atoms with Crippen molar-refractivity contribution in [3.8, 4) is 11.8 Å². The summed E-state index contributed by atoms with van der Waals surface area (Å²) in [5, 5.41) is 18.0. The van der Waals surface area contributed by atoms with Gasteiger partial charge in [-0.05, 0) is 0 Å². The smallest absolute Gasteiger partial charge is 0.330 e. The SMILES string of the molecule is [3H]C([3H])([3H])C(=O)On1c(O)ccc1O. The van der Waals surface area contributed by atoms with E-state index in [0.29, 0.717) is 4.73 Å². The fourth-order valence-electron chi connectivity index (χ4n) is 0.578. The number of carbonyl (C=O) groups is 1. The van der Waals surface area contributed by atoms with Crippen LogP contribution in [0.1, 0.15) is 11.0 Å². The van der Waals surface area contributed by atoms with E-state index in [4.69, 9.17) is 14.3 Å². The third-order valence-corrected chi connectivity index (χ3v) is 0.972. The molecule has 0 saturated carbocycles. The summed E-state index contributed by atoms with van der Waals surface area (Å²) in [6, 6.07) is 2.09. The van der Waals surface area contributed by atoms with Crippen LogP contribution in [-0.4, -0.2) is 20.9 Å². The van der Waals surface area contributed by atoms with E-state index in [9.17, 15) is 4.79 Å². The van der Waals surface area contributed by atoms with Crippen LogP contribution >= 0.6 is 0 Å². The van der Waals surface area contributed by atoms with E-state index in [2.05, 4.69) is 4.84 Å². The predicted octanol–water partition coefficient (Wildman–Crippen LogP) is -0.126. The summed E-state index contributed by atoms with van der Waals surface area (Å²) < 4.78 is 20.3. The Morgan fingerprint density at radius 3 is 2.64 bits per heavy atom. The molecule has 0 saturated heterocycles. The van der Waals surface area contributed by atoms with Gasteiger partial charge in [0.25, 0.3) is 0 Å². The third kappa shape index (κ3) is 1.43. The summed E-state index contributed by atoms with van der Waals surface area (Å²) in [4.78, 5) is 15.0. The Labute approximate surface area is 66.6 Å². The van der Waals surface area contributed by atoms with Gasteiger partial charge in [-0.25, -0.2) is 4.79 Å². The van der Waals surface area contributed by atoms with Crippen LogP contribution in [0.15, 0.2) is 12.1 Å². The molecule has 1 rings (SSSR count). The van der Waals surface area contributed by atoms with E-state index in [-0.39, 0.29) is 0 Å². The highest BCUT2D eigenvalue weighted by Crippen LogP contribution is 2.18. The number of aromatic hydroxyl groups is 2. The molecule has 0 unspecified atom stereocenters. The largest absolute Gasteiger partial charge is 0.492 e. The highest BCUT2D eigenvalue weighted by Gasteiger charge is 2.07. The molecular weight excluding hydrogens is 150 g/mol. The molecule has 0 aliphatic rings. The maximum absolute atomic E-state index is 10.8. The molecule has 11 heavy (non-hydrogen) atoms. The molecule has 0 atom stereocenters. The second-order valence-corrected chi connectivity index (χ2v) is 1.72. The summed E-state index contributed by atoms with van der Waals surface area (Å²) in [6.45, 7) is -2.94. The normalized spacial score (nSPS) is 14.7. The molecule has 0 aromatic carbocycles. The highest BCUT2D eigenvalue weighted by atomic mass is 16.7. The van der Waals surface area contributed by atoms with Crippen LogP contribution in [0, 0.1) is 0 Å². The van der Waals surface area contributed by atoms with Crippen molar-refractivity contribution in [1.29, 1.82) is 0 Å². The zero-order valence-corrected chi connectivity index (χ0v) is 5.31. The van der Waals surface area contributed by atoms with Gasteiger partial charge < -0.3 is 15.1 Å². The van der Waals surface area contributed by atoms with Crippen molar-refractivity contribution >= 4 is 5.97 Å². The first-order valence-corrected chi connectivity index (χ1v) is 2.65. The maximum Gasteiger partial charge on any atom is 0.330 e. The van der Waals surface area contributed by atoms with Crippen LogP contribution in [0.3, 0.4) is 0 Å². The predicted molar refractivity (Wildman–Crippen MR) is 35.0 cm³/mol. The average molecular weight is 163 g/mol. The summed E-state index contributed by atoms with van der Waals surface area (Å²) in [7, 11) is 0. The Morgan fingerprint density at radius 1 is 1.64 bits per heavy atom. The quantitative estimate of drug-likeness (QED) is 0.605. The Kier molecular flexibility index (Phi) is 0.983. The van der Waals surface area contributed by atoms with Gasteiger partial charge in [0.05, 0.1) is 0 Å². The number of hydrogen-bond acceptors (Lipinski definition) is 4. The van der Waals surface area contributed by atoms with E-state index in [1.807, 2.05) is 0 Å². The number of nitrogens with zero attached hydrogens (tertiary/aromatic N) is 1. The molecule has 1 aromatic heterocycles. The summed E-state index contributed by atoms with van der Waals surface area (Å²) in [6.07, 6.45) is 0. The first-order valence-electron chi connectivity index (χ1n) is 4.15. The zero-order valence-electron chi connectivity index (χ0n) is 8.31. The third-order valence-electron chi connectivity index (χ3n) is 0.972. The van der Waals surface area contributed by atoms with Gasteiger partial charge in [-0.1, -0.05) is 0 Å². The lowest BCUT2D eigenvalue weighted by Crippen LogP contribution is -2.15. The van der Waals surface area contributed by atoms with Crippen LogP contribution < -0.4 is 4.84 Å². The second-order valence-electron chi connectivity index (χ2n) is 1.72. The molecule has 0 bridgehead atoms. The van der Waals surface area contributed by atoms with Crippen LogP contribution in [0.5, 0.6) is 11.8 Å². The summed E-state index contributed by atoms with van der Waals surface area (Å²) in [5.41, 5.74) is 0. The van der Waals surface area contributed by atoms with E-state index < -0.39 is 24.6 Å². The Bertz CT molecular complexity index is 337. The Morgan fingerprint density at radius 2 is 2.18 bits per heavy atom. The van der Waals surface area contributed by atoms with Gasteiger partial charge in [-0.3, -0.25) is 0 Å². The molecule has 0 aliphatic heterocycles. The summed E-state index contributed by atoms with van der Waals surface area (Å²) in [5.74, 6) is -2.68. The fraction of sp³-hybridized carbons (Fsp3) is 0.167. The Hall–Kier alpha value is -1.65. The van der Waals surface area contributed by atoms with Gasteiger partial charge in [0.2, 0.25) is 11.8 Å². The first kappa shape index (κ1) is 4.27. The monoisotopic (exact) mass is 163 g/mol. The number of rotatable bonds is 1. The van der Waals surface area contributed by atoms with E-state index in [1.54, 1.807) is 0 Å². The number of hydrogen-bond donors (Lipinski definition) is 2. The molecule has 5 nitrogen and oxygen atoms in total. The lowest BCUT2D eigenvalue weighted by atomic mass is 10.6. The van der Waals surface area contributed by atoms with Crippen molar-refractivity contribution in [2.45, 2.75) is 6.85 Å². The highest BCUT2D eigenvalue weighted by molar-refractivity contribution is 5.66. The number of carbonyl (C=O) groups excluding carboxylic acids is 1. The van der Waals surface area contributed by atoms with Crippen molar-refractivity contribution < 1.29 is 24.0 Å². The molecule has 1 aromatic rings. The minimum Gasteiger partial charge on any atom is -0.492 e. The van der Waals surface area contributed by atoms with Crippen LogP contribution in [0.2, 0.25) is 0 Å². The van der Waals surface area contributed by atoms with E-state index in [1.165, 1.54) is 0 Å². The average Bonchev–Trinajstić information content (AvgIpc) is 2.34. The molecule has 2 N–H and O–H groups in total. The van der Waals surface area contributed by atoms with Crippen molar-refractivity contribution in [3.05, 3.63) is 12.1 Å². The van der Waals surface area contributed by atoms with Gasteiger partial charge in [0.1, 0.15) is 0 Å². The molecule has 0 fully saturated rings. The van der Waals surface area contributed by atoms with Gasteiger partial charge in [0, 0.05) is 23.1 Å². The lowest BCUT2D eigenvalue weighted by molar-refractivity contribution is -0.142. The van der Waals surface area contributed by atoms with Gasteiger partial charge in [-0.15, -0.1) is 4.73 Å². The molecule has 1 heterocycles. The topological polar surface area (TPSA) is 71.7 Å². The molecule has 0 radical (unpaired) electrons. The van der Waals surface area contributed by atoms with Gasteiger partial charge >= 0.3 is 5.97 Å². The number of aromatic nitrogens is 1. The van der Waals surface area contributed by atoms with Crippen molar-refractivity contribution in [1.82, 2.24) is 4.73 Å². The minimum absolute atomic E-state index is 0.314. The second kappa shape index (κ2) is 2.53. The van der Waals surface area contributed by atoms with Crippen molar-refractivity contribution in [3.63, 3.8) is 0 Å². The van der Waals surface area contributed by atoms with E-state index in [0.717, 1.165) is 12.1 Å². The molecule has 5 heteroatoms. The molecule has 60 valence electrons. The standard InChI is InChI=1S/C6H7NO4/c1-4(8)11-7-5(9)2-3-6(7)10/h2-3,9-10H,1H3/i1T3. The van der Waals surface area contributed by atoms with Crippen LogP contribution in [0.4, 0.5) is 0 Å². The molecule has 0 spiro atoms. The van der Waals surface area contributed by atoms with Crippen molar-refractivity contribution in [2.24, 2.45) is 0 Å². The Balaban J connectivity index is 2.85. The fourth-order valence-corrected chi connectivity index (χ4v) is 0.578. The lowest BCUT2D eigenvalue weighted by Gasteiger charge is -2.02.